The zero-order valence-electron chi connectivity index (χ0n) is 9.70. The molecule has 0 N–H and O–H groups in total. The standard InChI is InChI=1S/C12H17NO2/c1-9-7-10(12(14)15-4)5-6-11(9)8-13(2)3/h5-7H,8H2,1-4H3. The lowest BCUT2D eigenvalue weighted by Crippen LogP contribution is -2.12. The van der Waals surface area contributed by atoms with Gasteiger partial charge in [0.1, 0.15) is 0 Å². The highest BCUT2D eigenvalue weighted by atomic mass is 16.5. The summed E-state index contributed by atoms with van der Waals surface area (Å²) in [4.78, 5) is 13.4. The Morgan fingerprint density at radius 2 is 2.07 bits per heavy atom. The Hall–Kier alpha value is -1.35. The van der Waals surface area contributed by atoms with Crippen LogP contribution in [0.3, 0.4) is 0 Å². The van der Waals surface area contributed by atoms with Crippen LogP contribution in [0, 0.1) is 6.92 Å². The molecule has 3 heteroatoms. The van der Waals surface area contributed by atoms with Crippen LogP contribution < -0.4 is 0 Å². The number of carbonyl (C=O) groups is 1. The van der Waals surface area contributed by atoms with Crippen LogP contribution in [0.25, 0.3) is 0 Å². The molecule has 0 fully saturated rings. The van der Waals surface area contributed by atoms with Crippen molar-refractivity contribution in [1.82, 2.24) is 4.90 Å². The van der Waals surface area contributed by atoms with Gasteiger partial charge in [-0.2, -0.15) is 0 Å². The molecule has 0 saturated carbocycles. The molecule has 0 atom stereocenters. The Morgan fingerprint density at radius 3 is 2.53 bits per heavy atom. The van der Waals surface area contributed by atoms with E-state index in [0.717, 1.165) is 12.1 Å². The molecule has 0 aliphatic carbocycles. The number of hydrogen-bond acceptors (Lipinski definition) is 3. The smallest absolute Gasteiger partial charge is 0.337 e. The minimum absolute atomic E-state index is 0.283. The number of esters is 1. The Morgan fingerprint density at radius 1 is 1.40 bits per heavy atom. The van der Waals surface area contributed by atoms with Crippen molar-refractivity contribution in [2.75, 3.05) is 21.2 Å². The number of methoxy groups -OCH3 is 1. The lowest BCUT2D eigenvalue weighted by Gasteiger charge is -2.12. The van der Waals surface area contributed by atoms with Crippen LogP contribution in [0.1, 0.15) is 21.5 Å². The average molecular weight is 207 g/mol. The third-order valence-corrected chi connectivity index (χ3v) is 2.25. The van der Waals surface area contributed by atoms with Crippen LogP contribution in [0.4, 0.5) is 0 Å². The highest BCUT2D eigenvalue weighted by molar-refractivity contribution is 5.89. The quantitative estimate of drug-likeness (QED) is 0.708. The second-order valence-corrected chi connectivity index (χ2v) is 3.87. The number of benzene rings is 1. The van der Waals surface area contributed by atoms with Crippen molar-refractivity contribution in [1.29, 1.82) is 0 Å². The highest BCUT2D eigenvalue weighted by Crippen LogP contribution is 2.13. The van der Waals surface area contributed by atoms with Gasteiger partial charge in [-0.25, -0.2) is 4.79 Å². The van der Waals surface area contributed by atoms with Gasteiger partial charge in [0.25, 0.3) is 0 Å². The molecule has 0 bridgehead atoms. The fourth-order valence-electron chi connectivity index (χ4n) is 1.46. The van der Waals surface area contributed by atoms with Crippen molar-refractivity contribution in [3.63, 3.8) is 0 Å². The third kappa shape index (κ3) is 3.06. The molecule has 3 nitrogen and oxygen atoms in total. The number of rotatable bonds is 3. The molecule has 1 rings (SSSR count). The first-order valence-electron chi connectivity index (χ1n) is 4.87. The van der Waals surface area contributed by atoms with Crippen LogP contribution >= 0.6 is 0 Å². The molecule has 82 valence electrons. The second kappa shape index (κ2) is 4.94. The molecule has 0 aliphatic rings. The Kier molecular flexibility index (Phi) is 3.86. The Balaban J connectivity index is 2.93. The molecule has 1 aromatic rings. The number of carbonyl (C=O) groups excluding carboxylic acids is 1. The molecular formula is C12H17NO2. The molecule has 15 heavy (non-hydrogen) atoms. The van der Waals surface area contributed by atoms with E-state index in [0.29, 0.717) is 5.56 Å². The minimum atomic E-state index is -0.283. The number of hydrogen-bond donors (Lipinski definition) is 0. The van der Waals surface area contributed by atoms with Crippen molar-refractivity contribution < 1.29 is 9.53 Å². The summed E-state index contributed by atoms with van der Waals surface area (Å²) >= 11 is 0. The van der Waals surface area contributed by atoms with E-state index in [4.69, 9.17) is 0 Å². The molecule has 0 saturated heterocycles. The topological polar surface area (TPSA) is 29.5 Å². The van der Waals surface area contributed by atoms with Crippen LogP contribution in [-0.2, 0) is 11.3 Å². The van der Waals surface area contributed by atoms with Gasteiger partial charge < -0.3 is 9.64 Å². The molecule has 1 aromatic carbocycles. The average Bonchev–Trinajstić information content (AvgIpc) is 2.19. The maximum atomic E-state index is 11.3. The summed E-state index contributed by atoms with van der Waals surface area (Å²) in [7, 11) is 5.44. The third-order valence-electron chi connectivity index (χ3n) is 2.25. The van der Waals surface area contributed by atoms with E-state index in [1.807, 2.05) is 33.2 Å². The van der Waals surface area contributed by atoms with Crippen LogP contribution in [-0.4, -0.2) is 32.1 Å². The van der Waals surface area contributed by atoms with E-state index in [9.17, 15) is 4.79 Å². The van der Waals surface area contributed by atoms with Crippen LogP contribution in [0.2, 0.25) is 0 Å². The summed E-state index contributed by atoms with van der Waals surface area (Å²) in [6.45, 7) is 2.89. The van der Waals surface area contributed by atoms with E-state index < -0.39 is 0 Å². The summed E-state index contributed by atoms with van der Waals surface area (Å²) in [6.07, 6.45) is 0. The van der Waals surface area contributed by atoms with Crippen molar-refractivity contribution >= 4 is 5.97 Å². The van der Waals surface area contributed by atoms with Gasteiger partial charge in [0, 0.05) is 6.54 Å². The summed E-state index contributed by atoms with van der Waals surface area (Å²) in [5, 5.41) is 0. The summed E-state index contributed by atoms with van der Waals surface area (Å²) in [6, 6.07) is 5.64. The molecule has 0 aromatic heterocycles. The highest BCUT2D eigenvalue weighted by Gasteiger charge is 2.07. The molecule has 0 unspecified atom stereocenters. The van der Waals surface area contributed by atoms with Crippen molar-refractivity contribution in [3.05, 3.63) is 34.9 Å². The summed E-state index contributed by atoms with van der Waals surface area (Å²) in [5.74, 6) is -0.283. The predicted molar refractivity (Wildman–Crippen MR) is 59.9 cm³/mol. The lowest BCUT2D eigenvalue weighted by atomic mass is 10.0. The van der Waals surface area contributed by atoms with E-state index in [1.165, 1.54) is 12.7 Å². The van der Waals surface area contributed by atoms with Gasteiger partial charge in [0.2, 0.25) is 0 Å². The van der Waals surface area contributed by atoms with Crippen molar-refractivity contribution in [2.24, 2.45) is 0 Å². The zero-order valence-corrected chi connectivity index (χ0v) is 9.70. The van der Waals surface area contributed by atoms with Gasteiger partial charge in [-0.05, 0) is 44.3 Å². The zero-order chi connectivity index (χ0) is 11.4. The van der Waals surface area contributed by atoms with Crippen molar-refractivity contribution in [3.8, 4) is 0 Å². The van der Waals surface area contributed by atoms with E-state index in [-0.39, 0.29) is 5.97 Å². The van der Waals surface area contributed by atoms with E-state index in [2.05, 4.69) is 9.64 Å². The first kappa shape index (κ1) is 11.7. The molecule has 0 heterocycles. The van der Waals surface area contributed by atoms with Crippen molar-refractivity contribution in [2.45, 2.75) is 13.5 Å². The fourth-order valence-corrected chi connectivity index (χ4v) is 1.46. The number of aryl methyl sites for hydroxylation is 1. The van der Waals surface area contributed by atoms with Gasteiger partial charge in [0.15, 0.2) is 0 Å². The maximum absolute atomic E-state index is 11.3. The molecule has 0 amide bonds. The first-order valence-corrected chi connectivity index (χ1v) is 4.87. The number of nitrogens with zero attached hydrogens (tertiary/aromatic N) is 1. The Labute approximate surface area is 90.7 Å². The molecular weight excluding hydrogens is 190 g/mol. The monoisotopic (exact) mass is 207 g/mol. The predicted octanol–water partition coefficient (Wildman–Crippen LogP) is 1.84. The van der Waals surface area contributed by atoms with Gasteiger partial charge in [-0.3, -0.25) is 0 Å². The molecule has 0 spiro atoms. The summed E-state index contributed by atoms with van der Waals surface area (Å²) in [5.41, 5.74) is 2.96. The number of ether oxygens (including phenoxy) is 1. The second-order valence-electron chi connectivity index (χ2n) is 3.87. The largest absolute Gasteiger partial charge is 0.465 e. The molecule has 0 radical (unpaired) electrons. The van der Waals surface area contributed by atoms with Crippen LogP contribution in [0.5, 0.6) is 0 Å². The Bertz CT molecular complexity index is 359. The normalized spacial score (nSPS) is 10.5. The van der Waals surface area contributed by atoms with E-state index in [1.54, 1.807) is 6.07 Å². The van der Waals surface area contributed by atoms with Gasteiger partial charge in [-0.15, -0.1) is 0 Å². The van der Waals surface area contributed by atoms with Gasteiger partial charge in [-0.1, -0.05) is 6.07 Å². The first-order chi connectivity index (χ1) is 7.04. The van der Waals surface area contributed by atoms with Gasteiger partial charge >= 0.3 is 5.97 Å². The lowest BCUT2D eigenvalue weighted by molar-refractivity contribution is 0.0600. The van der Waals surface area contributed by atoms with Crippen LogP contribution in [0.15, 0.2) is 18.2 Å². The minimum Gasteiger partial charge on any atom is -0.465 e. The maximum Gasteiger partial charge on any atom is 0.337 e. The van der Waals surface area contributed by atoms with E-state index >= 15 is 0 Å². The molecule has 0 aliphatic heterocycles. The summed E-state index contributed by atoms with van der Waals surface area (Å²) < 4.78 is 4.66. The van der Waals surface area contributed by atoms with Gasteiger partial charge in [0.05, 0.1) is 12.7 Å². The SMILES string of the molecule is COC(=O)c1ccc(CN(C)C)c(C)c1. The fraction of sp³-hybridized carbons (Fsp3) is 0.417.